The van der Waals surface area contributed by atoms with Crippen LogP contribution < -0.4 is 0 Å². The Morgan fingerprint density at radius 3 is 1.55 bits per heavy atom. The van der Waals surface area contributed by atoms with E-state index in [4.69, 9.17) is 29.3 Å². The van der Waals surface area contributed by atoms with Crippen LogP contribution in [0.5, 0.6) is 0 Å². The van der Waals surface area contributed by atoms with Crippen molar-refractivity contribution in [2.45, 2.75) is 0 Å². The van der Waals surface area contributed by atoms with Crippen molar-refractivity contribution in [3.63, 3.8) is 0 Å². The minimum absolute atomic E-state index is 0.579. The molecule has 0 aliphatic rings. The zero-order valence-corrected chi connectivity index (χ0v) is 28.4. The van der Waals surface area contributed by atoms with Crippen LogP contribution in [0.4, 0.5) is 0 Å². The fraction of sp³-hybridized carbons (Fsp3) is 0. The highest BCUT2D eigenvalue weighted by Gasteiger charge is 2.19. The van der Waals surface area contributed by atoms with Crippen LogP contribution in [0.25, 0.3) is 101 Å². The lowest BCUT2D eigenvalue weighted by Gasteiger charge is -2.16. The Morgan fingerprint density at radius 1 is 0.321 bits per heavy atom. The number of rotatable bonds is 6. The second-order valence-corrected chi connectivity index (χ2v) is 12.9. The van der Waals surface area contributed by atoms with Crippen LogP contribution in [-0.2, 0) is 0 Å². The Kier molecular flexibility index (Phi) is 7.36. The van der Waals surface area contributed by atoms with Crippen molar-refractivity contribution in [2.75, 3.05) is 0 Å². The van der Waals surface area contributed by atoms with Crippen molar-refractivity contribution in [1.82, 2.24) is 24.9 Å². The van der Waals surface area contributed by atoms with Crippen LogP contribution in [0, 0.1) is 0 Å². The molecule has 0 bridgehead atoms. The standard InChI is InChI=1S/C47H29N5O/c1-4-14-30(15-5-1)44-50-45(31-16-6-2-7-17-31)52-46(51-44)34-24-26-35(33-25-27-42-41(29-33)49-47(53-42)32-18-8-3-9-19-32)39(28-34)43-38-22-11-10-20-36(38)37-21-12-13-23-40(37)48-43/h1-29H. The van der Waals surface area contributed by atoms with Gasteiger partial charge in [-0.3, -0.25) is 0 Å². The zero-order chi connectivity index (χ0) is 35.1. The van der Waals surface area contributed by atoms with Gasteiger partial charge in [-0.05, 0) is 52.9 Å². The molecular weight excluding hydrogens is 651 g/mol. The number of oxazole rings is 1. The van der Waals surface area contributed by atoms with Crippen molar-refractivity contribution in [2.24, 2.45) is 0 Å². The summed E-state index contributed by atoms with van der Waals surface area (Å²) in [7, 11) is 0. The van der Waals surface area contributed by atoms with E-state index in [1.54, 1.807) is 0 Å². The maximum absolute atomic E-state index is 6.19. The third-order valence-electron chi connectivity index (χ3n) is 9.56. The van der Waals surface area contributed by atoms with Gasteiger partial charge in [-0.2, -0.15) is 0 Å². The third kappa shape index (κ3) is 5.59. The molecule has 10 rings (SSSR count). The van der Waals surface area contributed by atoms with Gasteiger partial charge in [-0.25, -0.2) is 24.9 Å². The van der Waals surface area contributed by atoms with Crippen LogP contribution in [0.1, 0.15) is 0 Å². The highest BCUT2D eigenvalue weighted by Crippen LogP contribution is 2.41. The molecule has 3 aromatic heterocycles. The number of aromatic nitrogens is 5. The minimum Gasteiger partial charge on any atom is -0.436 e. The number of para-hydroxylation sites is 1. The van der Waals surface area contributed by atoms with Gasteiger partial charge in [0.25, 0.3) is 0 Å². The van der Waals surface area contributed by atoms with Gasteiger partial charge < -0.3 is 4.42 Å². The molecule has 248 valence electrons. The number of fused-ring (bicyclic) bond motifs is 4. The zero-order valence-electron chi connectivity index (χ0n) is 28.4. The lowest BCUT2D eigenvalue weighted by molar-refractivity contribution is 0.620. The Morgan fingerprint density at radius 2 is 0.868 bits per heavy atom. The van der Waals surface area contributed by atoms with E-state index in [1.807, 2.05) is 103 Å². The average Bonchev–Trinajstić information content (AvgIpc) is 3.68. The summed E-state index contributed by atoms with van der Waals surface area (Å²) < 4.78 is 6.19. The van der Waals surface area contributed by atoms with Crippen LogP contribution in [0.2, 0.25) is 0 Å². The fourth-order valence-electron chi connectivity index (χ4n) is 6.98. The number of nitrogens with zero attached hydrogens (tertiary/aromatic N) is 5. The van der Waals surface area contributed by atoms with E-state index < -0.39 is 0 Å². The van der Waals surface area contributed by atoms with Gasteiger partial charge in [0.05, 0.1) is 11.2 Å². The highest BCUT2D eigenvalue weighted by molar-refractivity contribution is 6.12. The second-order valence-electron chi connectivity index (χ2n) is 12.9. The molecule has 0 fully saturated rings. The van der Waals surface area contributed by atoms with E-state index in [0.717, 1.165) is 77.4 Å². The first-order chi connectivity index (χ1) is 26.2. The van der Waals surface area contributed by atoms with Gasteiger partial charge in [0.2, 0.25) is 5.89 Å². The van der Waals surface area contributed by atoms with Crippen LogP contribution in [0.15, 0.2) is 180 Å². The molecule has 0 saturated heterocycles. The predicted octanol–water partition coefficient (Wildman–Crippen LogP) is 11.7. The average molecular weight is 680 g/mol. The summed E-state index contributed by atoms with van der Waals surface area (Å²) in [5, 5.41) is 3.31. The molecule has 7 aromatic carbocycles. The predicted molar refractivity (Wildman–Crippen MR) is 213 cm³/mol. The largest absolute Gasteiger partial charge is 0.436 e. The fourth-order valence-corrected chi connectivity index (χ4v) is 6.98. The van der Waals surface area contributed by atoms with Crippen molar-refractivity contribution < 1.29 is 4.42 Å². The normalized spacial score (nSPS) is 11.4. The summed E-state index contributed by atoms with van der Waals surface area (Å²) in [6.45, 7) is 0. The van der Waals surface area contributed by atoms with Gasteiger partial charge in [0.15, 0.2) is 23.1 Å². The highest BCUT2D eigenvalue weighted by atomic mass is 16.3. The maximum Gasteiger partial charge on any atom is 0.227 e. The minimum atomic E-state index is 0.579. The molecule has 3 heterocycles. The number of pyridine rings is 1. The summed E-state index contributed by atoms with van der Waals surface area (Å²) in [6.07, 6.45) is 0. The molecule has 10 aromatic rings. The molecule has 6 heteroatoms. The van der Waals surface area contributed by atoms with E-state index >= 15 is 0 Å². The molecule has 0 aliphatic heterocycles. The van der Waals surface area contributed by atoms with Crippen molar-refractivity contribution >= 4 is 32.8 Å². The van der Waals surface area contributed by atoms with E-state index in [9.17, 15) is 0 Å². The first-order valence-corrected chi connectivity index (χ1v) is 17.5. The molecule has 0 aliphatic carbocycles. The van der Waals surface area contributed by atoms with Gasteiger partial charge in [-0.15, -0.1) is 0 Å². The lowest BCUT2D eigenvalue weighted by atomic mass is 9.92. The van der Waals surface area contributed by atoms with Crippen molar-refractivity contribution in [3.8, 4) is 68.0 Å². The second kappa shape index (κ2) is 12.8. The SMILES string of the molecule is c1ccc(-c2nc(-c3ccccc3)nc(-c3ccc(-c4ccc5oc(-c6ccccc6)nc5c4)c(-c4nc5ccccc5c5ccccc45)c3)n2)cc1. The Labute approximate surface area is 305 Å². The van der Waals surface area contributed by atoms with Gasteiger partial charge in [-0.1, -0.05) is 140 Å². The molecule has 0 amide bonds. The summed E-state index contributed by atoms with van der Waals surface area (Å²) in [4.78, 5) is 25.3. The third-order valence-corrected chi connectivity index (χ3v) is 9.56. The summed E-state index contributed by atoms with van der Waals surface area (Å²) in [5.41, 5.74) is 9.90. The number of hydrogen-bond donors (Lipinski definition) is 0. The molecular formula is C47H29N5O. The van der Waals surface area contributed by atoms with E-state index in [0.29, 0.717) is 23.4 Å². The monoisotopic (exact) mass is 679 g/mol. The summed E-state index contributed by atoms with van der Waals surface area (Å²) in [5.74, 6) is 2.39. The maximum atomic E-state index is 6.19. The molecule has 0 saturated carbocycles. The van der Waals surface area contributed by atoms with Gasteiger partial charge >= 0.3 is 0 Å². The molecule has 0 spiro atoms. The van der Waals surface area contributed by atoms with E-state index in [1.165, 1.54) is 0 Å². The molecule has 53 heavy (non-hydrogen) atoms. The number of benzene rings is 7. The van der Waals surface area contributed by atoms with Crippen molar-refractivity contribution in [3.05, 3.63) is 176 Å². The molecule has 0 N–H and O–H groups in total. The molecule has 6 nitrogen and oxygen atoms in total. The number of hydrogen-bond acceptors (Lipinski definition) is 6. The summed E-state index contributed by atoms with van der Waals surface area (Å²) in [6, 6.07) is 59.4. The van der Waals surface area contributed by atoms with E-state index in [2.05, 4.69) is 72.8 Å². The molecule has 0 atom stereocenters. The van der Waals surface area contributed by atoms with Gasteiger partial charge in [0, 0.05) is 38.6 Å². The van der Waals surface area contributed by atoms with Crippen LogP contribution >= 0.6 is 0 Å². The lowest BCUT2D eigenvalue weighted by Crippen LogP contribution is -2.01. The smallest absolute Gasteiger partial charge is 0.227 e. The summed E-state index contributed by atoms with van der Waals surface area (Å²) >= 11 is 0. The Balaban J connectivity index is 1.21. The Bertz CT molecular complexity index is 2880. The molecule has 0 unspecified atom stereocenters. The van der Waals surface area contributed by atoms with Crippen LogP contribution in [0.3, 0.4) is 0 Å². The first-order valence-electron chi connectivity index (χ1n) is 17.5. The molecule has 0 radical (unpaired) electrons. The van der Waals surface area contributed by atoms with E-state index in [-0.39, 0.29) is 0 Å². The quantitative estimate of drug-likeness (QED) is 0.163. The first kappa shape index (κ1) is 30.5. The topological polar surface area (TPSA) is 77.6 Å². The van der Waals surface area contributed by atoms with Crippen molar-refractivity contribution in [1.29, 1.82) is 0 Å². The Hall–Kier alpha value is -7.31. The van der Waals surface area contributed by atoms with Gasteiger partial charge in [0.1, 0.15) is 5.52 Å². The van der Waals surface area contributed by atoms with Crippen LogP contribution in [-0.4, -0.2) is 24.9 Å².